The van der Waals surface area contributed by atoms with Gasteiger partial charge in [0.25, 0.3) is 0 Å². The van der Waals surface area contributed by atoms with E-state index in [9.17, 15) is 4.79 Å². The summed E-state index contributed by atoms with van der Waals surface area (Å²) in [7, 11) is 1.39. The van der Waals surface area contributed by atoms with Gasteiger partial charge in [0, 0.05) is 22.9 Å². The minimum Gasteiger partial charge on any atom is -0.469 e. The Morgan fingerprint density at radius 1 is 1.62 bits per heavy atom. The number of aromatic nitrogens is 1. The summed E-state index contributed by atoms with van der Waals surface area (Å²) in [5.41, 5.74) is 6.56. The molecule has 1 atom stereocenters. The summed E-state index contributed by atoms with van der Waals surface area (Å²) in [6.07, 6.45) is 2.19. The Balaban J connectivity index is 2.40. The number of ether oxygens (including phenoxy) is 1. The minimum absolute atomic E-state index is 0.0471. The van der Waals surface area contributed by atoms with Crippen LogP contribution in [0.4, 0.5) is 0 Å². The molecule has 1 rings (SSSR count). The Bertz CT molecular complexity index is 338. The number of thioether (sulfide) groups is 1. The van der Waals surface area contributed by atoms with Gasteiger partial charge in [-0.05, 0) is 19.1 Å². The van der Waals surface area contributed by atoms with Gasteiger partial charge in [-0.2, -0.15) is 0 Å². The van der Waals surface area contributed by atoms with Crippen LogP contribution in [0, 0.1) is 0 Å². The third kappa shape index (κ3) is 4.20. The summed E-state index contributed by atoms with van der Waals surface area (Å²) < 4.78 is 4.55. The first-order valence-corrected chi connectivity index (χ1v) is 6.03. The van der Waals surface area contributed by atoms with Crippen molar-refractivity contribution in [3.63, 3.8) is 0 Å². The van der Waals surface area contributed by atoms with Crippen LogP contribution in [0.5, 0.6) is 0 Å². The van der Waals surface area contributed by atoms with Gasteiger partial charge in [-0.15, -0.1) is 11.8 Å². The highest BCUT2D eigenvalue weighted by Crippen LogP contribution is 2.19. The van der Waals surface area contributed by atoms with E-state index < -0.39 is 0 Å². The SMILES string of the molecule is COC(=O)CCSc1ccc([C@@H](C)N)nc1. The standard InChI is InChI=1S/C11H16N2O2S/c1-8(12)10-4-3-9(7-13-10)16-6-5-11(14)15-2/h3-4,7-8H,5-6,12H2,1-2H3/t8-/m1/s1. The topological polar surface area (TPSA) is 65.2 Å². The zero-order valence-corrected chi connectivity index (χ0v) is 10.3. The monoisotopic (exact) mass is 240 g/mol. The fraction of sp³-hybridized carbons (Fsp3) is 0.455. The van der Waals surface area contributed by atoms with Crippen molar-refractivity contribution in [1.29, 1.82) is 0 Å². The Morgan fingerprint density at radius 2 is 2.38 bits per heavy atom. The summed E-state index contributed by atoms with van der Waals surface area (Å²) in [6.45, 7) is 1.90. The number of hydrogen-bond donors (Lipinski definition) is 1. The molecule has 4 nitrogen and oxygen atoms in total. The van der Waals surface area contributed by atoms with E-state index in [1.165, 1.54) is 7.11 Å². The Kier molecular flexibility index (Phi) is 5.28. The van der Waals surface area contributed by atoms with Gasteiger partial charge in [-0.25, -0.2) is 0 Å². The predicted molar refractivity (Wildman–Crippen MR) is 64.2 cm³/mol. The van der Waals surface area contributed by atoms with E-state index in [1.807, 2.05) is 19.1 Å². The number of hydrogen-bond acceptors (Lipinski definition) is 5. The normalized spacial score (nSPS) is 12.2. The second kappa shape index (κ2) is 6.50. The molecule has 16 heavy (non-hydrogen) atoms. The van der Waals surface area contributed by atoms with Gasteiger partial charge in [-0.1, -0.05) is 0 Å². The third-order valence-electron chi connectivity index (χ3n) is 2.03. The zero-order chi connectivity index (χ0) is 12.0. The maximum Gasteiger partial charge on any atom is 0.306 e. The van der Waals surface area contributed by atoms with Crippen molar-refractivity contribution in [2.75, 3.05) is 12.9 Å². The highest BCUT2D eigenvalue weighted by atomic mass is 32.2. The van der Waals surface area contributed by atoms with Crippen LogP contribution in [0.3, 0.4) is 0 Å². The lowest BCUT2D eigenvalue weighted by Gasteiger charge is -2.05. The second-order valence-corrected chi connectivity index (χ2v) is 4.55. The summed E-state index contributed by atoms with van der Waals surface area (Å²) in [6, 6.07) is 3.83. The van der Waals surface area contributed by atoms with Crippen molar-refractivity contribution in [3.05, 3.63) is 24.0 Å². The third-order valence-corrected chi connectivity index (χ3v) is 3.01. The fourth-order valence-electron chi connectivity index (χ4n) is 1.10. The van der Waals surface area contributed by atoms with E-state index >= 15 is 0 Å². The lowest BCUT2D eigenvalue weighted by Crippen LogP contribution is -2.06. The van der Waals surface area contributed by atoms with E-state index in [0.29, 0.717) is 12.2 Å². The lowest BCUT2D eigenvalue weighted by molar-refractivity contribution is -0.140. The van der Waals surface area contributed by atoms with Crippen LogP contribution >= 0.6 is 11.8 Å². The molecule has 0 aromatic carbocycles. The first-order valence-electron chi connectivity index (χ1n) is 5.04. The molecule has 0 saturated carbocycles. The number of esters is 1. The number of nitrogens with two attached hydrogens (primary N) is 1. The highest BCUT2D eigenvalue weighted by molar-refractivity contribution is 7.99. The molecule has 0 fully saturated rings. The number of pyridine rings is 1. The maximum atomic E-state index is 10.9. The molecule has 1 heterocycles. The van der Waals surface area contributed by atoms with E-state index in [4.69, 9.17) is 5.73 Å². The molecule has 0 spiro atoms. The van der Waals surface area contributed by atoms with Crippen molar-refractivity contribution in [3.8, 4) is 0 Å². The van der Waals surface area contributed by atoms with Crippen molar-refractivity contribution < 1.29 is 9.53 Å². The van der Waals surface area contributed by atoms with E-state index in [2.05, 4.69) is 9.72 Å². The van der Waals surface area contributed by atoms with Crippen LogP contribution in [0.2, 0.25) is 0 Å². The zero-order valence-electron chi connectivity index (χ0n) is 9.47. The summed E-state index contributed by atoms with van der Waals surface area (Å²) in [5, 5.41) is 0. The van der Waals surface area contributed by atoms with Gasteiger partial charge in [0.15, 0.2) is 0 Å². The van der Waals surface area contributed by atoms with E-state index in [0.717, 1.165) is 10.6 Å². The molecule has 0 aliphatic rings. The summed E-state index contributed by atoms with van der Waals surface area (Å²) in [4.78, 5) is 16.1. The van der Waals surface area contributed by atoms with Gasteiger partial charge in [0.05, 0.1) is 19.2 Å². The van der Waals surface area contributed by atoms with Crippen LogP contribution in [-0.2, 0) is 9.53 Å². The average Bonchev–Trinajstić information content (AvgIpc) is 2.29. The van der Waals surface area contributed by atoms with Gasteiger partial charge >= 0.3 is 5.97 Å². The molecule has 2 N–H and O–H groups in total. The minimum atomic E-state index is -0.187. The number of nitrogens with zero attached hydrogens (tertiary/aromatic N) is 1. The first kappa shape index (κ1) is 13.0. The van der Waals surface area contributed by atoms with Crippen LogP contribution in [0.25, 0.3) is 0 Å². The number of carbonyl (C=O) groups is 1. The molecule has 0 aliphatic carbocycles. The molecule has 0 unspecified atom stereocenters. The molecule has 0 saturated heterocycles. The van der Waals surface area contributed by atoms with Gasteiger partial charge in [0.1, 0.15) is 0 Å². The maximum absolute atomic E-state index is 10.9. The van der Waals surface area contributed by atoms with Gasteiger partial charge in [0.2, 0.25) is 0 Å². The quantitative estimate of drug-likeness (QED) is 0.627. The smallest absolute Gasteiger partial charge is 0.306 e. The van der Waals surface area contributed by atoms with Crippen LogP contribution in [-0.4, -0.2) is 23.8 Å². The van der Waals surface area contributed by atoms with Crippen molar-refractivity contribution in [1.82, 2.24) is 4.98 Å². The molecular formula is C11H16N2O2S. The molecule has 1 aromatic heterocycles. The first-order chi connectivity index (χ1) is 7.63. The molecule has 0 aliphatic heterocycles. The van der Waals surface area contributed by atoms with Crippen molar-refractivity contribution in [2.45, 2.75) is 24.3 Å². The average molecular weight is 240 g/mol. The molecular weight excluding hydrogens is 224 g/mol. The van der Waals surface area contributed by atoms with Crippen LogP contribution < -0.4 is 5.73 Å². The van der Waals surface area contributed by atoms with Gasteiger partial charge in [-0.3, -0.25) is 9.78 Å². The Labute approximate surface area is 99.6 Å². The Morgan fingerprint density at radius 3 is 2.88 bits per heavy atom. The summed E-state index contributed by atoms with van der Waals surface area (Å²) in [5.74, 6) is 0.513. The summed E-state index contributed by atoms with van der Waals surface area (Å²) >= 11 is 1.58. The van der Waals surface area contributed by atoms with Crippen molar-refractivity contribution >= 4 is 17.7 Å². The van der Waals surface area contributed by atoms with Gasteiger partial charge < -0.3 is 10.5 Å². The highest BCUT2D eigenvalue weighted by Gasteiger charge is 2.03. The fourth-order valence-corrected chi connectivity index (χ4v) is 1.90. The van der Waals surface area contributed by atoms with Crippen molar-refractivity contribution in [2.24, 2.45) is 5.73 Å². The number of methoxy groups -OCH3 is 1. The largest absolute Gasteiger partial charge is 0.469 e. The van der Waals surface area contributed by atoms with E-state index in [1.54, 1.807) is 18.0 Å². The second-order valence-electron chi connectivity index (χ2n) is 3.38. The molecule has 0 bridgehead atoms. The van der Waals surface area contributed by atoms with Crippen LogP contribution in [0.1, 0.15) is 25.1 Å². The molecule has 0 radical (unpaired) electrons. The van der Waals surface area contributed by atoms with E-state index in [-0.39, 0.29) is 12.0 Å². The molecule has 1 aromatic rings. The molecule has 88 valence electrons. The lowest BCUT2D eigenvalue weighted by atomic mass is 10.2. The van der Waals surface area contributed by atoms with Crippen LogP contribution in [0.15, 0.2) is 23.2 Å². The predicted octanol–water partition coefficient (Wildman–Crippen LogP) is 1.76. The molecule has 0 amide bonds. The number of rotatable bonds is 5. The number of carbonyl (C=O) groups excluding carboxylic acids is 1. The Hall–Kier alpha value is -1.07. The molecule has 5 heteroatoms.